The van der Waals surface area contributed by atoms with E-state index in [0.29, 0.717) is 12.3 Å². The van der Waals surface area contributed by atoms with Crippen LogP contribution in [0.2, 0.25) is 0 Å². The zero-order chi connectivity index (χ0) is 13.9. The van der Waals surface area contributed by atoms with Gasteiger partial charge in [-0.25, -0.2) is 0 Å². The Balaban J connectivity index is 1.68. The summed E-state index contributed by atoms with van der Waals surface area (Å²) >= 11 is 0. The third-order valence-corrected chi connectivity index (χ3v) is 4.17. The highest BCUT2D eigenvalue weighted by Crippen LogP contribution is 2.27. The number of carbonyl (C=O) groups is 1. The molecule has 20 heavy (non-hydrogen) atoms. The fraction of sp³-hybridized carbons (Fsp3) is 0.467. The summed E-state index contributed by atoms with van der Waals surface area (Å²) in [6.45, 7) is 0. The van der Waals surface area contributed by atoms with Crippen LogP contribution < -0.4 is 11.1 Å². The number of carbonyl (C=O) groups excluding carboxylic acids is 1. The van der Waals surface area contributed by atoms with Crippen LogP contribution in [0.3, 0.4) is 0 Å². The van der Waals surface area contributed by atoms with Crippen molar-refractivity contribution in [2.75, 3.05) is 5.32 Å². The summed E-state index contributed by atoms with van der Waals surface area (Å²) in [5, 5.41) is 10.9. The SMILES string of the molecule is NC1CCCCC1CC(=O)Nc1cccc2cn[nH]c12. The van der Waals surface area contributed by atoms with Gasteiger partial charge in [-0.1, -0.05) is 25.0 Å². The zero-order valence-corrected chi connectivity index (χ0v) is 11.4. The molecule has 0 spiro atoms. The van der Waals surface area contributed by atoms with Crippen LogP contribution in [0.4, 0.5) is 5.69 Å². The van der Waals surface area contributed by atoms with Gasteiger partial charge in [0.2, 0.25) is 5.91 Å². The van der Waals surface area contributed by atoms with E-state index in [2.05, 4.69) is 15.5 Å². The van der Waals surface area contributed by atoms with Crippen LogP contribution in [0, 0.1) is 5.92 Å². The lowest BCUT2D eigenvalue weighted by Gasteiger charge is -2.27. The van der Waals surface area contributed by atoms with Gasteiger partial charge in [0.05, 0.1) is 17.4 Å². The van der Waals surface area contributed by atoms with E-state index in [1.807, 2.05) is 18.2 Å². The molecule has 1 aliphatic carbocycles. The van der Waals surface area contributed by atoms with E-state index in [1.54, 1.807) is 6.20 Å². The predicted molar refractivity (Wildman–Crippen MR) is 79.3 cm³/mol. The van der Waals surface area contributed by atoms with Crippen molar-refractivity contribution >= 4 is 22.5 Å². The number of hydrogen-bond acceptors (Lipinski definition) is 3. The Bertz CT molecular complexity index is 607. The maximum Gasteiger partial charge on any atom is 0.224 e. The first-order valence-electron chi connectivity index (χ1n) is 7.21. The van der Waals surface area contributed by atoms with Gasteiger partial charge < -0.3 is 11.1 Å². The smallest absolute Gasteiger partial charge is 0.224 e. The van der Waals surface area contributed by atoms with Gasteiger partial charge in [-0.2, -0.15) is 5.10 Å². The second-order valence-electron chi connectivity index (χ2n) is 5.60. The standard InChI is InChI=1S/C15H20N4O/c16-12-6-2-1-4-10(12)8-14(20)18-13-7-3-5-11-9-17-19-15(11)13/h3,5,7,9-10,12H,1-2,4,6,8,16H2,(H,17,19)(H,18,20). The molecule has 1 saturated carbocycles. The highest BCUT2D eigenvalue weighted by Gasteiger charge is 2.24. The summed E-state index contributed by atoms with van der Waals surface area (Å²) in [7, 11) is 0. The van der Waals surface area contributed by atoms with Crippen molar-refractivity contribution in [1.82, 2.24) is 10.2 Å². The molecule has 1 aromatic carbocycles. The average Bonchev–Trinajstić information content (AvgIpc) is 2.91. The van der Waals surface area contributed by atoms with Crippen LogP contribution in [-0.4, -0.2) is 22.1 Å². The van der Waals surface area contributed by atoms with E-state index in [4.69, 9.17) is 5.73 Å². The second-order valence-corrected chi connectivity index (χ2v) is 5.60. The Morgan fingerprint density at radius 3 is 3.10 bits per heavy atom. The molecule has 0 radical (unpaired) electrons. The number of aromatic amines is 1. The predicted octanol–water partition coefficient (Wildman–Crippen LogP) is 2.41. The molecule has 0 bridgehead atoms. The van der Waals surface area contributed by atoms with Gasteiger partial charge >= 0.3 is 0 Å². The molecule has 4 N–H and O–H groups in total. The normalized spacial score (nSPS) is 22.9. The van der Waals surface area contributed by atoms with Gasteiger partial charge in [-0.05, 0) is 24.8 Å². The number of anilines is 1. The first-order valence-corrected chi connectivity index (χ1v) is 7.21. The summed E-state index contributed by atoms with van der Waals surface area (Å²) in [6, 6.07) is 5.93. The van der Waals surface area contributed by atoms with E-state index >= 15 is 0 Å². The van der Waals surface area contributed by atoms with Gasteiger partial charge in [0.15, 0.2) is 0 Å². The van der Waals surface area contributed by atoms with E-state index < -0.39 is 0 Å². The van der Waals surface area contributed by atoms with Crippen molar-refractivity contribution in [3.63, 3.8) is 0 Å². The first-order chi connectivity index (χ1) is 9.74. The third kappa shape index (κ3) is 2.67. The molecule has 5 heteroatoms. The molecular formula is C15H20N4O. The monoisotopic (exact) mass is 272 g/mol. The van der Waals surface area contributed by atoms with Crippen LogP contribution in [0.25, 0.3) is 10.9 Å². The quantitative estimate of drug-likeness (QED) is 0.802. The summed E-state index contributed by atoms with van der Waals surface area (Å²) in [5.41, 5.74) is 7.75. The minimum absolute atomic E-state index is 0.0365. The van der Waals surface area contributed by atoms with Crippen LogP contribution in [0.1, 0.15) is 32.1 Å². The third-order valence-electron chi connectivity index (χ3n) is 4.17. The largest absolute Gasteiger partial charge is 0.327 e. The zero-order valence-electron chi connectivity index (χ0n) is 11.4. The van der Waals surface area contributed by atoms with Crippen molar-refractivity contribution in [3.05, 3.63) is 24.4 Å². The summed E-state index contributed by atoms with van der Waals surface area (Å²) in [6.07, 6.45) is 6.72. The van der Waals surface area contributed by atoms with E-state index in [1.165, 1.54) is 12.8 Å². The maximum atomic E-state index is 12.2. The Labute approximate surface area is 117 Å². The molecule has 2 unspecified atom stereocenters. The molecule has 0 saturated heterocycles. The Morgan fingerprint density at radius 2 is 2.25 bits per heavy atom. The summed E-state index contributed by atoms with van der Waals surface area (Å²) in [5.74, 6) is 0.346. The fourth-order valence-electron chi connectivity index (χ4n) is 3.00. The van der Waals surface area contributed by atoms with Gasteiger partial charge in [-0.3, -0.25) is 9.89 Å². The molecule has 1 aliphatic rings. The number of fused-ring (bicyclic) bond motifs is 1. The number of amides is 1. The van der Waals surface area contributed by atoms with Crippen LogP contribution in [-0.2, 0) is 4.79 Å². The number of nitrogens with two attached hydrogens (primary N) is 1. The van der Waals surface area contributed by atoms with Crippen molar-refractivity contribution in [2.45, 2.75) is 38.1 Å². The molecule has 1 amide bonds. The molecule has 2 atom stereocenters. The molecule has 1 heterocycles. The van der Waals surface area contributed by atoms with Crippen molar-refractivity contribution < 1.29 is 4.79 Å². The molecule has 5 nitrogen and oxygen atoms in total. The number of H-pyrrole nitrogens is 1. The summed E-state index contributed by atoms with van der Waals surface area (Å²) in [4.78, 5) is 12.2. The Morgan fingerprint density at radius 1 is 1.40 bits per heavy atom. The van der Waals surface area contributed by atoms with Crippen LogP contribution in [0.15, 0.2) is 24.4 Å². The topological polar surface area (TPSA) is 83.8 Å². The summed E-state index contributed by atoms with van der Waals surface area (Å²) < 4.78 is 0. The van der Waals surface area contributed by atoms with E-state index in [0.717, 1.165) is 29.4 Å². The molecular weight excluding hydrogens is 252 g/mol. The molecule has 106 valence electrons. The number of para-hydroxylation sites is 1. The lowest BCUT2D eigenvalue weighted by molar-refractivity contribution is -0.117. The molecule has 3 rings (SSSR count). The molecule has 1 aromatic heterocycles. The van der Waals surface area contributed by atoms with Crippen LogP contribution in [0.5, 0.6) is 0 Å². The fourth-order valence-corrected chi connectivity index (χ4v) is 3.00. The van der Waals surface area contributed by atoms with Gasteiger partial charge in [0, 0.05) is 17.8 Å². The van der Waals surface area contributed by atoms with E-state index in [-0.39, 0.29) is 11.9 Å². The lowest BCUT2D eigenvalue weighted by atomic mass is 9.83. The highest BCUT2D eigenvalue weighted by atomic mass is 16.1. The van der Waals surface area contributed by atoms with Gasteiger partial charge in [0.1, 0.15) is 0 Å². The highest BCUT2D eigenvalue weighted by molar-refractivity contribution is 6.00. The van der Waals surface area contributed by atoms with Crippen molar-refractivity contribution in [2.24, 2.45) is 11.7 Å². The number of benzene rings is 1. The average molecular weight is 272 g/mol. The number of aromatic nitrogens is 2. The van der Waals surface area contributed by atoms with Gasteiger partial charge in [0.25, 0.3) is 0 Å². The van der Waals surface area contributed by atoms with Crippen molar-refractivity contribution in [1.29, 1.82) is 0 Å². The van der Waals surface area contributed by atoms with Gasteiger partial charge in [-0.15, -0.1) is 0 Å². The van der Waals surface area contributed by atoms with Crippen LogP contribution >= 0.6 is 0 Å². The number of rotatable bonds is 3. The second kappa shape index (κ2) is 5.63. The first kappa shape index (κ1) is 13.1. The maximum absolute atomic E-state index is 12.2. The Kier molecular flexibility index (Phi) is 3.69. The molecule has 2 aromatic rings. The van der Waals surface area contributed by atoms with E-state index in [9.17, 15) is 4.79 Å². The minimum Gasteiger partial charge on any atom is -0.327 e. The number of nitrogens with one attached hydrogen (secondary N) is 2. The molecule has 1 fully saturated rings. The Hall–Kier alpha value is -1.88. The minimum atomic E-state index is 0.0365. The molecule has 0 aliphatic heterocycles. The lowest BCUT2D eigenvalue weighted by Crippen LogP contribution is -2.35. The number of hydrogen-bond donors (Lipinski definition) is 3. The number of nitrogens with zero attached hydrogens (tertiary/aromatic N) is 1. The van der Waals surface area contributed by atoms with Crippen molar-refractivity contribution in [3.8, 4) is 0 Å².